The number of nitrogens with one attached hydrogen (secondary N) is 1. The number of rotatable bonds is 4. The van der Waals surface area contributed by atoms with E-state index in [0.29, 0.717) is 0 Å². The summed E-state index contributed by atoms with van der Waals surface area (Å²) >= 11 is 0. The van der Waals surface area contributed by atoms with Gasteiger partial charge in [0.15, 0.2) is 0 Å². The van der Waals surface area contributed by atoms with Crippen molar-refractivity contribution in [3.05, 3.63) is 35.9 Å². The summed E-state index contributed by atoms with van der Waals surface area (Å²) in [6.45, 7) is 3.95. The molecule has 3 nitrogen and oxygen atoms in total. The van der Waals surface area contributed by atoms with Crippen LogP contribution in [0.3, 0.4) is 0 Å². The first-order valence-corrected chi connectivity index (χ1v) is 5.99. The van der Waals surface area contributed by atoms with Crippen molar-refractivity contribution < 1.29 is 0 Å². The number of pyridine rings is 1. The molecular formula is C14H19N3. The van der Waals surface area contributed by atoms with Crippen LogP contribution in [0.2, 0.25) is 0 Å². The lowest BCUT2D eigenvalue weighted by molar-refractivity contribution is 0.724. The molecule has 3 heteroatoms. The Bertz CT molecular complexity index is 506. The quantitative estimate of drug-likeness (QED) is 0.872. The first-order valence-electron chi connectivity index (χ1n) is 5.99. The Hall–Kier alpha value is -1.61. The van der Waals surface area contributed by atoms with E-state index in [-0.39, 0.29) is 0 Å². The van der Waals surface area contributed by atoms with Crippen LogP contribution in [0.15, 0.2) is 30.3 Å². The van der Waals surface area contributed by atoms with Gasteiger partial charge in [0.2, 0.25) is 0 Å². The standard InChI is InChI=1S/C14H19N3/c1-4-15-10-12-9-11-7-5-6-8-13(11)16-14(12)17(2)3/h5-9,15H,4,10H2,1-3H3. The van der Waals surface area contributed by atoms with E-state index < -0.39 is 0 Å². The number of aromatic nitrogens is 1. The van der Waals surface area contributed by atoms with Gasteiger partial charge in [-0.05, 0) is 18.7 Å². The lowest BCUT2D eigenvalue weighted by Gasteiger charge is -2.17. The first-order chi connectivity index (χ1) is 8.22. The molecule has 0 fully saturated rings. The minimum absolute atomic E-state index is 0.863. The van der Waals surface area contributed by atoms with Crippen LogP contribution < -0.4 is 10.2 Å². The summed E-state index contributed by atoms with van der Waals surface area (Å²) in [6, 6.07) is 10.5. The highest BCUT2D eigenvalue weighted by Gasteiger charge is 2.07. The number of hydrogen-bond acceptors (Lipinski definition) is 3. The largest absolute Gasteiger partial charge is 0.362 e. The maximum Gasteiger partial charge on any atom is 0.133 e. The fraction of sp³-hybridized carbons (Fsp3) is 0.357. The molecule has 0 saturated carbocycles. The van der Waals surface area contributed by atoms with Crippen molar-refractivity contribution in [2.75, 3.05) is 25.5 Å². The molecule has 1 aromatic heterocycles. The van der Waals surface area contributed by atoms with Gasteiger partial charge in [-0.15, -0.1) is 0 Å². The van der Waals surface area contributed by atoms with E-state index in [1.54, 1.807) is 0 Å². The molecule has 0 aliphatic carbocycles. The monoisotopic (exact) mass is 229 g/mol. The van der Waals surface area contributed by atoms with Gasteiger partial charge in [0.1, 0.15) is 5.82 Å². The Labute approximate surface area is 102 Å². The Morgan fingerprint density at radius 2 is 2.00 bits per heavy atom. The van der Waals surface area contributed by atoms with Crippen LogP contribution in [0.5, 0.6) is 0 Å². The second kappa shape index (κ2) is 5.15. The van der Waals surface area contributed by atoms with E-state index in [1.165, 1.54) is 10.9 Å². The van der Waals surface area contributed by atoms with E-state index >= 15 is 0 Å². The average Bonchev–Trinajstić information content (AvgIpc) is 2.35. The van der Waals surface area contributed by atoms with Gasteiger partial charge in [-0.1, -0.05) is 25.1 Å². The smallest absolute Gasteiger partial charge is 0.133 e. The van der Waals surface area contributed by atoms with Crippen LogP contribution in [-0.2, 0) is 6.54 Å². The average molecular weight is 229 g/mol. The molecule has 2 rings (SSSR count). The van der Waals surface area contributed by atoms with Gasteiger partial charge in [0, 0.05) is 31.6 Å². The summed E-state index contributed by atoms with van der Waals surface area (Å²) in [5.74, 6) is 1.05. The second-order valence-electron chi connectivity index (χ2n) is 4.34. The number of hydrogen-bond donors (Lipinski definition) is 1. The number of benzene rings is 1. The van der Waals surface area contributed by atoms with Crippen LogP contribution in [0.25, 0.3) is 10.9 Å². The zero-order chi connectivity index (χ0) is 12.3. The lowest BCUT2D eigenvalue weighted by atomic mass is 10.1. The Balaban J connectivity index is 2.50. The molecule has 0 aliphatic rings. The molecule has 0 unspecified atom stereocenters. The van der Waals surface area contributed by atoms with E-state index in [1.807, 2.05) is 20.2 Å². The summed E-state index contributed by atoms with van der Waals surface area (Å²) in [5, 5.41) is 4.56. The third kappa shape index (κ3) is 2.56. The summed E-state index contributed by atoms with van der Waals surface area (Å²) < 4.78 is 0. The van der Waals surface area contributed by atoms with Gasteiger partial charge in [0.05, 0.1) is 5.52 Å². The summed E-state index contributed by atoms with van der Waals surface area (Å²) in [4.78, 5) is 6.78. The Morgan fingerprint density at radius 3 is 2.71 bits per heavy atom. The minimum Gasteiger partial charge on any atom is -0.362 e. The lowest BCUT2D eigenvalue weighted by Crippen LogP contribution is -2.18. The zero-order valence-electron chi connectivity index (χ0n) is 10.7. The second-order valence-corrected chi connectivity index (χ2v) is 4.34. The van der Waals surface area contributed by atoms with E-state index in [0.717, 1.165) is 24.4 Å². The van der Waals surface area contributed by atoms with Gasteiger partial charge in [0.25, 0.3) is 0 Å². The molecule has 1 aromatic carbocycles. The molecule has 17 heavy (non-hydrogen) atoms. The molecule has 0 radical (unpaired) electrons. The van der Waals surface area contributed by atoms with E-state index in [2.05, 4.69) is 41.4 Å². The SMILES string of the molecule is CCNCc1cc2ccccc2nc1N(C)C. The third-order valence-electron chi connectivity index (χ3n) is 2.77. The van der Waals surface area contributed by atoms with Gasteiger partial charge in [-0.2, -0.15) is 0 Å². The van der Waals surface area contributed by atoms with Crippen molar-refractivity contribution in [1.29, 1.82) is 0 Å². The van der Waals surface area contributed by atoms with E-state index in [4.69, 9.17) is 4.98 Å². The van der Waals surface area contributed by atoms with Crippen molar-refractivity contribution in [1.82, 2.24) is 10.3 Å². The van der Waals surface area contributed by atoms with Crippen LogP contribution in [0.1, 0.15) is 12.5 Å². The topological polar surface area (TPSA) is 28.2 Å². The number of fused-ring (bicyclic) bond motifs is 1. The van der Waals surface area contributed by atoms with Crippen molar-refractivity contribution in [3.63, 3.8) is 0 Å². The number of anilines is 1. The fourth-order valence-electron chi connectivity index (χ4n) is 1.93. The molecule has 0 bridgehead atoms. The molecule has 90 valence electrons. The van der Waals surface area contributed by atoms with Crippen LogP contribution in [0, 0.1) is 0 Å². The van der Waals surface area contributed by atoms with Crippen molar-refractivity contribution >= 4 is 16.7 Å². The highest BCUT2D eigenvalue weighted by Crippen LogP contribution is 2.22. The Morgan fingerprint density at radius 1 is 1.24 bits per heavy atom. The number of nitrogens with zero attached hydrogens (tertiary/aromatic N) is 2. The first kappa shape index (κ1) is 11.9. The van der Waals surface area contributed by atoms with Crippen molar-refractivity contribution in [3.8, 4) is 0 Å². The predicted molar refractivity (Wildman–Crippen MR) is 73.5 cm³/mol. The zero-order valence-corrected chi connectivity index (χ0v) is 10.7. The fourth-order valence-corrected chi connectivity index (χ4v) is 1.93. The molecule has 0 spiro atoms. The summed E-state index contributed by atoms with van der Waals surface area (Å²) in [6.07, 6.45) is 0. The summed E-state index contributed by atoms with van der Waals surface area (Å²) in [7, 11) is 4.07. The van der Waals surface area contributed by atoms with Gasteiger partial charge >= 0.3 is 0 Å². The molecule has 0 saturated heterocycles. The molecule has 1 N–H and O–H groups in total. The third-order valence-corrected chi connectivity index (χ3v) is 2.77. The maximum atomic E-state index is 4.71. The van der Waals surface area contributed by atoms with Crippen LogP contribution in [0.4, 0.5) is 5.82 Å². The highest BCUT2D eigenvalue weighted by atomic mass is 15.1. The van der Waals surface area contributed by atoms with Gasteiger partial charge < -0.3 is 10.2 Å². The predicted octanol–water partition coefficient (Wildman–Crippen LogP) is 2.41. The number of para-hydroxylation sites is 1. The van der Waals surface area contributed by atoms with Crippen LogP contribution in [-0.4, -0.2) is 25.6 Å². The normalized spacial score (nSPS) is 10.8. The summed E-state index contributed by atoms with van der Waals surface area (Å²) in [5.41, 5.74) is 2.30. The van der Waals surface area contributed by atoms with Crippen molar-refractivity contribution in [2.24, 2.45) is 0 Å². The molecule has 0 aliphatic heterocycles. The minimum atomic E-state index is 0.863. The van der Waals surface area contributed by atoms with Gasteiger partial charge in [-0.25, -0.2) is 4.98 Å². The Kier molecular flexibility index (Phi) is 3.59. The molecule has 0 atom stereocenters. The molecule has 0 amide bonds. The van der Waals surface area contributed by atoms with E-state index in [9.17, 15) is 0 Å². The maximum absolute atomic E-state index is 4.71. The highest BCUT2D eigenvalue weighted by molar-refractivity contribution is 5.81. The van der Waals surface area contributed by atoms with Gasteiger partial charge in [-0.3, -0.25) is 0 Å². The van der Waals surface area contributed by atoms with Crippen molar-refractivity contribution in [2.45, 2.75) is 13.5 Å². The van der Waals surface area contributed by atoms with Crippen LogP contribution >= 0.6 is 0 Å². The molecular weight excluding hydrogens is 210 g/mol. The molecule has 2 aromatic rings. The molecule has 1 heterocycles.